The van der Waals surface area contributed by atoms with Gasteiger partial charge in [-0.05, 0) is 19.9 Å². The van der Waals surface area contributed by atoms with E-state index in [0.29, 0.717) is 22.3 Å². The van der Waals surface area contributed by atoms with E-state index in [1.807, 2.05) is 26.0 Å². The highest BCUT2D eigenvalue weighted by Crippen LogP contribution is 2.16. The Morgan fingerprint density at radius 3 is 2.87 bits per heavy atom. The van der Waals surface area contributed by atoms with Crippen LogP contribution in [0.5, 0.6) is 0 Å². The molecule has 3 rings (SSSR count). The molecule has 0 saturated heterocycles. The number of aryl methyl sites for hydroxylation is 2. The van der Waals surface area contributed by atoms with Crippen LogP contribution in [0.4, 0.5) is 0 Å². The van der Waals surface area contributed by atoms with Crippen molar-refractivity contribution in [2.24, 2.45) is 0 Å². The summed E-state index contributed by atoms with van der Waals surface area (Å²) in [5.41, 5.74) is 4.11. The summed E-state index contributed by atoms with van der Waals surface area (Å²) in [6.45, 7) is 4.06. The lowest BCUT2D eigenvalue weighted by Gasteiger charge is -2.10. The molecule has 1 N–H and O–H groups in total. The van der Waals surface area contributed by atoms with E-state index in [1.54, 1.807) is 22.6 Å². The highest BCUT2D eigenvalue weighted by Gasteiger charge is 2.14. The zero-order chi connectivity index (χ0) is 16.4. The van der Waals surface area contributed by atoms with Gasteiger partial charge in [0.2, 0.25) is 0 Å². The van der Waals surface area contributed by atoms with Gasteiger partial charge in [-0.3, -0.25) is 4.79 Å². The van der Waals surface area contributed by atoms with E-state index in [1.165, 1.54) is 11.3 Å². The van der Waals surface area contributed by atoms with E-state index in [-0.39, 0.29) is 5.91 Å². The lowest BCUT2D eigenvalue weighted by Crippen LogP contribution is -2.23. The maximum absolute atomic E-state index is 12.2. The minimum Gasteiger partial charge on any atom is -0.347 e. The number of thiazole rings is 1. The molecule has 6 nitrogen and oxygen atoms in total. The maximum Gasteiger partial charge on any atom is 0.263 e. The predicted molar refractivity (Wildman–Crippen MR) is 89.1 cm³/mol. The standard InChI is InChI=1S/C15H14ClN5OS/c1-9-3-4-11(14(20-9)21-7-12(16)6-19-21)5-17-15(22)13-10(2)18-8-23-13/h3-4,6-8H,5H2,1-2H3,(H,17,22). The molecule has 0 radical (unpaired) electrons. The minimum absolute atomic E-state index is 0.143. The molecule has 0 atom stereocenters. The van der Waals surface area contributed by atoms with Crippen LogP contribution in [0.15, 0.2) is 30.0 Å². The molecule has 0 unspecified atom stereocenters. The third-order valence-electron chi connectivity index (χ3n) is 3.25. The fourth-order valence-electron chi connectivity index (χ4n) is 2.10. The molecule has 118 valence electrons. The van der Waals surface area contributed by atoms with Crippen molar-refractivity contribution in [3.8, 4) is 5.82 Å². The number of aromatic nitrogens is 4. The number of carbonyl (C=O) groups is 1. The number of amides is 1. The summed E-state index contributed by atoms with van der Waals surface area (Å²) in [4.78, 5) is 21.4. The Bertz CT molecular complexity index is 857. The predicted octanol–water partition coefficient (Wildman–Crippen LogP) is 2.92. The fraction of sp³-hybridized carbons (Fsp3) is 0.200. The SMILES string of the molecule is Cc1ccc(CNC(=O)c2scnc2C)c(-n2cc(Cl)cn2)n1. The largest absolute Gasteiger partial charge is 0.347 e. The topological polar surface area (TPSA) is 72.7 Å². The smallest absolute Gasteiger partial charge is 0.263 e. The van der Waals surface area contributed by atoms with E-state index in [0.717, 1.165) is 17.0 Å². The Morgan fingerprint density at radius 2 is 2.22 bits per heavy atom. The van der Waals surface area contributed by atoms with Crippen molar-refractivity contribution in [1.29, 1.82) is 0 Å². The Balaban J connectivity index is 1.83. The van der Waals surface area contributed by atoms with Gasteiger partial charge in [0, 0.05) is 17.8 Å². The molecular weight excluding hydrogens is 334 g/mol. The second kappa shape index (κ2) is 6.47. The number of nitrogens with zero attached hydrogens (tertiary/aromatic N) is 4. The first kappa shape index (κ1) is 15.6. The molecule has 8 heteroatoms. The number of pyridine rings is 1. The van der Waals surface area contributed by atoms with Crippen molar-refractivity contribution < 1.29 is 4.79 Å². The van der Waals surface area contributed by atoms with Crippen LogP contribution in [0.3, 0.4) is 0 Å². The zero-order valence-electron chi connectivity index (χ0n) is 12.6. The quantitative estimate of drug-likeness (QED) is 0.787. The summed E-state index contributed by atoms with van der Waals surface area (Å²) < 4.78 is 1.61. The number of hydrogen-bond donors (Lipinski definition) is 1. The van der Waals surface area contributed by atoms with Gasteiger partial charge in [-0.25, -0.2) is 14.6 Å². The van der Waals surface area contributed by atoms with Crippen LogP contribution in [-0.4, -0.2) is 25.7 Å². The molecule has 3 heterocycles. The molecule has 0 fully saturated rings. The average molecular weight is 348 g/mol. The number of halogens is 1. The number of nitrogens with one attached hydrogen (secondary N) is 1. The van der Waals surface area contributed by atoms with Gasteiger partial charge < -0.3 is 5.32 Å². The molecule has 0 aliphatic heterocycles. The van der Waals surface area contributed by atoms with Gasteiger partial charge in [0.25, 0.3) is 5.91 Å². The van der Waals surface area contributed by atoms with Crippen LogP contribution in [0.1, 0.15) is 26.6 Å². The second-order valence-electron chi connectivity index (χ2n) is 4.99. The molecule has 1 amide bonds. The Kier molecular flexibility index (Phi) is 4.40. The third kappa shape index (κ3) is 3.40. The van der Waals surface area contributed by atoms with Crippen molar-refractivity contribution >= 4 is 28.8 Å². The molecule has 0 aliphatic carbocycles. The third-order valence-corrected chi connectivity index (χ3v) is 4.38. The number of carbonyl (C=O) groups excluding carboxylic acids is 1. The zero-order valence-corrected chi connectivity index (χ0v) is 14.1. The van der Waals surface area contributed by atoms with Crippen molar-refractivity contribution in [2.45, 2.75) is 20.4 Å². The highest BCUT2D eigenvalue weighted by molar-refractivity contribution is 7.11. The maximum atomic E-state index is 12.2. The second-order valence-corrected chi connectivity index (χ2v) is 6.28. The van der Waals surface area contributed by atoms with E-state index < -0.39 is 0 Å². The van der Waals surface area contributed by atoms with E-state index in [2.05, 4.69) is 20.4 Å². The fourth-order valence-corrected chi connectivity index (χ4v) is 2.96. The average Bonchev–Trinajstić information content (AvgIpc) is 3.14. The van der Waals surface area contributed by atoms with Crippen LogP contribution in [0.25, 0.3) is 5.82 Å². The minimum atomic E-state index is -0.143. The number of rotatable bonds is 4. The number of hydrogen-bond acceptors (Lipinski definition) is 5. The molecule has 0 saturated carbocycles. The molecule has 0 bridgehead atoms. The summed E-state index contributed by atoms with van der Waals surface area (Å²) in [5.74, 6) is 0.508. The molecule has 3 aromatic rings. The Labute approximate surface area is 142 Å². The lowest BCUT2D eigenvalue weighted by atomic mass is 10.2. The van der Waals surface area contributed by atoms with Crippen molar-refractivity contribution in [3.63, 3.8) is 0 Å². The molecular formula is C15H14ClN5OS. The Morgan fingerprint density at radius 1 is 1.39 bits per heavy atom. The van der Waals surface area contributed by atoms with Gasteiger partial charge in [0.1, 0.15) is 4.88 Å². The lowest BCUT2D eigenvalue weighted by molar-refractivity contribution is 0.0954. The van der Waals surface area contributed by atoms with Crippen molar-refractivity contribution in [2.75, 3.05) is 0 Å². The molecule has 0 aliphatic rings. The monoisotopic (exact) mass is 347 g/mol. The summed E-state index contributed by atoms with van der Waals surface area (Å²) >= 11 is 7.25. The van der Waals surface area contributed by atoms with Crippen molar-refractivity contribution in [3.05, 3.63) is 56.9 Å². The summed E-state index contributed by atoms with van der Waals surface area (Å²) in [5, 5.41) is 7.61. The molecule has 23 heavy (non-hydrogen) atoms. The molecule has 0 aromatic carbocycles. The van der Waals surface area contributed by atoms with Crippen molar-refractivity contribution in [1.82, 2.24) is 25.1 Å². The van der Waals surface area contributed by atoms with Gasteiger partial charge in [0.15, 0.2) is 5.82 Å². The van der Waals surface area contributed by atoms with E-state index >= 15 is 0 Å². The van der Waals surface area contributed by atoms with E-state index in [4.69, 9.17) is 11.6 Å². The molecule has 3 aromatic heterocycles. The van der Waals surface area contributed by atoms with Gasteiger partial charge >= 0.3 is 0 Å². The first-order valence-electron chi connectivity index (χ1n) is 6.90. The first-order chi connectivity index (χ1) is 11.0. The van der Waals surface area contributed by atoms with Crippen LogP contribution in [0, 0.1) is 13.8 Å². The summed E-state index contributed by atoms with van der Waals surface area (Å²) in [6, 6.07) is 3.82. The van der Waals surface area contributed by atoms with Gasteiger partial charge in [-0.2, -0.15) is 5.10 Å². The molecule has 0 spiro atoms. The van der Waals surface area contributed by atoms with Crippen LogP contribution in [-0.2, 0) is 6.54 Å². The highest BCUT2D eigenvalue weighted by atomic mass is 35.5. The van der Waals surface area contributed by atoms with Crippen LogP contribution >= 0.6 is 22.9 Å². The summed E-state index contributed by atoms with van der Waals surface area (Å²) in [6.07, 6.45) is 3.23. The first-order valence-corrected chi connectivity index (χ1v) is 8.15. The van der Waals surface area contributed by atoms with Crippen LogP contribution in [0.2, 0.25) is 5.02 Å². The van der Waals surface area contributed by atoms with Crippen LogP contribution < -0.4 is 5.32 Å². The van der Waals surface area contributed by atoms with Gasteiger partial charge in [-0.15, -0.1) is 11.3 Å². The van der Waals surface area contributed by atoms with E-state index in [9.17, 15) is 4.79 Å². The Hall–Kier alpha value is -2.25. The van der Waals surface area contributed by atoms with Gasteiger partial charge in [0.05, 0.1) is 28.6 Å². The summed E-state index contributed by atoms with van der Waals surface area (Å²) in [7, 11) is 0. The van der Waals surface area contributed by atoms with Gasteiger partial charge in [-0.1, -0.05) is 17.7 Å². The normalized spacial score (nSPS) is 10.7.